The molecule has 2 nitrogen and oxygen atoms in total. The number of anilines is 1. The van der Waals surface area contributed by atoms with Crippen LogP contribution >= 0.6 is 0 Å². The summed E-state index contributed by atoms with van der Waals surface area (Å²) >= 11 is 0. The van der Waals surface area contributed by atoms with Crippen LogP contribution < -0.4 is 10.6 Å². The number of nitrogens with zero attached hydrogens (tertiary/aromatic N) is 1. The van der Waals surface area contributed by atoms with Gasteiger partial charge in [-0.2, -0.15) is 0 Å². The Morgan fingerprint density at radius 2 is 1.95 bits per heavy atom. The van der Waals surface area contributed by atoms with Crippen molar-refractivity contribution in [2.75, 3.05) is 18.0 Å². The maximum Gasteiger partial charge on any atom is 0.0401 e. The molecule has 0 radical (unpaired) electrons. The number of hydrogen-bond donors (Lipinski definition) is 1. The number of aryl methyl sites for hydroxylation is 1. The SMILES string of the molecule is CCN(c1ccc(C)cc1CCN)C1CCCCC1. The molecular weight excluding hydrogens is 232 g/mol. The molecule has 1 fully saturated rings. The van der Waals surface area contributed by atoms with E-state index in [0.717, 1.165) is 25.6 Å². The van der Waals surface area contributed by atoms with Crippen LogP contribution in [0.15, 0.2) is 18.2 Å². The molecule has 0 saturated heterocycles. The molecule has 0 aromatic heterocycles. The van der Waals surface area contributed by atoms with Gasteiger partial charge in [0.15, 0.2) is 0 Å². The Labute approximate surface area is 118 Å². The standard InChI is InChI=1S/C17H28N2/c1-3-19(16-7-5-4-6-8-16)17-10-9-14(2)13-15(17)11-12-18/h9-10,13,16H,3-8,11-12,18H2,1-2H3. The van der Waals surface area contributed by atoms with Gasteiger partial charge in [-0.05, 0) is 51.3 Å². The van der Waals surface area contributed by atoms with Crippen LogP contribution in [0.4, 0.5) is 5.69 Å². The van der Waals surface area contributed by atoms with Crippen LogP contribution in [0, 0.1) is 6.92 Å². The van der Waals surface area contributed by atoms with E-state index in [0.29, 0.717) is 0 Å². The molecule has 0 amide bonds. The minimum Gasteiger partial charge on any atom is -0.369 e. The Morgan fingerprint density at radius 1 is 1.21 bits per heavy atom. The van der Waals surface area contributed by atoms with E-state index in [1.807, 2.05) is 0 Å². The number of rotatable bonds is 5. The summed E-state index contributed by atoms with van der Waals surface area (Å²) in [5, 5.41) is 0. The summed E-state index contributed by atoms with van der Waals surface area (Å²) in [4.78, 5) is 2.61. The van der Waals surface area contributed by atoms with Crippen LogP contribution in [0.5, 0.6) is 0 Å². The molecule has 1 aliphatic carbocycles. The molecule has 19 heavy (non-hydrogen) atoms. The van der Waals surface area contributed by atoms with Crippen molar-refractivity contribution < 1.29 is 0 Å². The molecule has 0 aliphatic heterocycles. The highest BCUT2D eigenvalue weighted by Gasteiger charge is 2.21. The average molecular weight is 260 g/mol. The van der Waals surface area contributed by atoms with Crippen LogP contribution in [0.2, 0.25) is 0 Å². The first kappa shape index (κ1) is 14.4. The summed E-state index contributed by atoms with van der Waals surface area (Å²) in [5.74, 6) is 0. The third kappa shape index (κ3) is 3.50. The fourth-order valence-electron chi connectivity index (χ4n) is 3.37. The maximum atomic E-state index is 5.78. The van der Waals surface area contributed by atoms with Crippen LogP contribution in [-0.2, 0) is 6.42 Å². The van der Waals surface area contributed by atoms with Gasteiger partial charge in [0.1, 0.15) is 0 Å². The van der Waals surface area contributed by atoms with Crippen molar-refractivity contribution in [3.05, 3.63) is 29.3 Å². The van der Waals surface area contributed by atoms with E-state index in [-0.39, 0.29) is 0 Å². The normalized spacial score (nSPS) is 16.6. The minimum absolute atomic E-state index is 0.734. The molecule has 1 aliphatic rings. The van der Waals surface area contributed by atoms with E-state index in [1.165, 1.54) is 48.9 Å². The summed E-state index contributed by atoms with van der Waals surface area (Å²) < 4.78 is 0. The molecule has 2 heteroatoms. The van der Waals surface area contributed by atoms with Crippen LogP contribution in [0.1, 0.15) is 50.2 Å². The van der Waals surface area contributed by atoms with Crippen LogP contribution in [0.25, 0.3) is 0 Å². The lowest BCUT2D eigenvalue weighted by Gasteiger charge is -2.36. The molecule has 0 atom stereocenters. The lowest BCUT2D eigenvalue weighted by Crippen LogP contribution is -2.37. The minimum atomic E-state index is 0.734. The zero-order chi connectivity index (χ0) is 13.7. The van der Waals surface area contributed by atoms with Gasteiger partial charge in [-0.1, -0.05) is 37.0 Å². The van der Waals surface area contributed by atoms with Gasteiger partial charge in [-0.3, -0.25) is 0 Å². The number of benzene rings is 1. The first-order chi connectivity index (χ1) is 9.26. The first-order valence-corrected chi connectivity index (χ1v) is 7.82. The second-order valence-electron chi connectivity index (χ2n) is 5.75. The van der Waals surface area contributed by atoms with Gasteiger partial charge in [-0.25, -0.2) is 0 Å². The lowest BCUT2D eigenvalue weighted by molar-refractivity contribution is 0.417. The summed E-state index contributed by atoms with van der Waals surface area (Å²) in [7, 11) is 0. The van der Waals surface area contributed by atoms with E-state index in [4.69, 9.17) is 5.73 Å². The summed E-state index contributed by atoms with van der Waals surface area (Å²) in [6.07, 6.45) is 7.88. The predicted octanol–water partition coefficient (Wildman–Crippen LogP) is 3.66. The fourth-order valence-corrected chi connectivity index (χ4v) is 3.37. The van der Waals surface area contributed by atoms with Gasteiger partial charge in [0.25, 0.3) is 0 Å². The molecular formula is C17H28N2. The van der Waals surface area contributed by atoms with Crippen molar-refractivity contribution in [2.45, 2.75) is 58.4 Å². The van der Waals surface area contributed by atoms with Crippen molar-refractivity contribution in [3.63, 3.8) is 0 Å². The molecule has 2 N–H and O–H groups in total. The van der Waals surface area contributed by atoms with Gasteiger partial charge >= 0.3 is 0 Å². The number of hydrogen-bond acceptors (Lipinski definition) is 2. The van der Waals surface area contributed by atoms with Gasteiger partial charge in [0, 0.05) is 18.3 Å². The van der Waals surface area contributed by atoms with E-state index < -0.39 is 0 Å². The Kier molecular flexibility index (Phi) is 5.26. The van der Waals surface area contributed by atoms with Crippen molar-refractivity contribution in [1.82, 2.24) is 0 Å². The molecule has 1 saturated carbocycles. The zero-order valence-electron chi connectivity index (χ0n) is 12.5. The first-order valence-electron chi connectivity index (χ1n) is 7.82. The predicted molar refractivity (Wildman–Crippen MR) is 83.8 cm³/mol. The molecule has 0 bridgehead atoms. The lowest BCUT2D eigenvalue weighted by atomic mass is 9.93. The largest absolute Gasteiger partial charge is 0.369 e. The summed E-state index contributed by atoms with van der Waals surface area (Å²) in [6.45, 7) is 6.28. The maximum absolute atomic E-state index is 5.78. The van der Waals surface area contributed by atoms with Gasteiger partial charge in [-0.15, -0.1) is 0 Å². The molecule has 1 aromatic rings. The van der Waals surface area contributed by atoms with E-state index in [1.54, 1.807) is 0 Å². The van der Waals surface area contributed by atoms with Crippen LogP contribution in [-0.4, -0.2) is 19.1 Å². The Bertz CT molecular complexity index is 394. The topological polar surface area (TPSA) is 29.3 Å². The Hall–Kier alpha value is -1.02. The van der Waals surface area contributed by atoms with Crippen molar-refractivity contribution in [2.24, 2.45) is 5.73 Å². The molecule has 2 rings (SSSR count). The third-order valence-electron chi connectivity index (χ3n) is 4.31. The van der Waals surface area contributed by atoms with Gasteiger partial charge in [0.05, 0.1) is 0 Å². The highest BCUT2D eigenvalue weighted by molar-refractivity contribution is 5.56. The Balaban J connectivity index is 2.25. The van der Waals surface area contributed by atoms with E-state index >= 15 is 0 Å². The van der Waals surface area contributed by atoms with Crippen molar-refractivity contribution in [3.8, 4) is 0 Å². The second-order valence-corrected chi connectivity index (χ2v) is 5.75. The molecule has 0 heterocycles. The fraction of sp³-hybridized carbons (Fsp3) is 0.647. The van der Waals surface area contributed by atoms with E-state index in [9.17, 15) is 0 Å². The summed E-state index contributed by atoms with van der Waals surface area (Å²) in [6, 6.07) is 7.59. The van der Waals surface area contributed by atoms with Gasteiger partial charge in [0.2, 0.25) is 0 Å². The monoisotopic (exact) mass is 260 g/mol. The van der Waals surface area contributed by atoms with E-state index in [2.05, 4.69) is 36.9 Å². The van der Waals surface area contributed by atoms with Crippen molar-refractivity contribution >= 4 is 5.69 Å². The zero-order valence-corrected chi connectivity index (χ0v) is 12.5. The summed E-state index contributed by atoms with van der Waals surface area (Å²) in [5.41, 5.74) is 9.97. The second kappa shape index (κ2) is 6.95. The Morgan fingerprint density at radius 3 is 2.58 bits per heavy atom. The van der Waals surface area contributed by atoms with Crippen molar-refractivity contribution in [1.29, 1.82) is 0 Å². The van der Waals surface area contributed by atoms with Crippen LogP contribution in [0.3, 0.4) is 0 Å². The average Bonchev–Trinajstić information content (AvgIpc) is 2.43. The molecule has 106 valence electrons. The quantitative estimate of drug-likeness (QED) is 0.875. The van der Waals surface area contributed by atoms with Gasteiger partial charge < -0.3 is 10.6 Å². The smallest absolute Gasteiger partial charge is 0.0401 e. The third-order valence-corrected chi connectivity index (χ3v) is 4.31. The number of nitrogens with two attached hydrogens (primary N) is 1. The molecule has 0 unspecified atom stereocenters. The molecule has 1 aromatic carbocycles. The molecule has 0 spiro atoms. The highest BCUT2D eigenvalue weighted by atomic mass is 15.2. The highest BCUT2D eigenvalue weighted by Crippen LogP contribution is 2.30.